The van der Waals surface area contributed by atoms with Crippen LogP contribution in [-0.2, 0) is 13.2 Å². The second kappa shape index (κ2) is 8.52. The van der Waals surface area contributed by atoms with E-state index < -0.39 is 0 Å². The van der Waals surface area contributed by atoms with Gasteiger partial charge in [0, 0.05) is 23.2 Å². The number of aliphatic hydroxyl groups excluding tert-OH is 1. The number of hydrogen-bond acceptors (Lipinski definition) is 3. The van der Waals surface area contributed by atoms with Crippen LogP contribution in [0.4, 0.5) is 0 Å². The smallest absolute Gasteiger partial charge is 0.120 e. The highest BCUT2D eigenvalue weighted by Gasteiger charge is 2.18. The molecular weight excluding hydrogens is 322 g/mol. The average Bonchev–Trinajstić information content (AvgIpc) is 2.61. The van der Waals surface area contributed by atoms with Gasteiger partial charge in [0.05, 0.1) is 6.10 Å². The Labute approximate surface area is 148 Å². The third-order valence-corrected chi connectivity index (χ3v) is 4.91. The fourth-order valence-electron chi connectivity index (χ4n) is 3.06. The first-order valence-electron chi connectivity index (χ1n) is 8.57. The molecule has 4 heteroatoms. The van der Waals surface area contributed by atoms with Crippen molar-refractivity contribution in [2.45, 2.75) is 51.0 Å². The van der Waals surface area contributed by atoms with E-state index >= 15 is 0 Å². The van der Waals surface area contributed by atoms with Crippen LogP contribution in [0, 0.1) is 0 Å². The maximum Gasteiger partial charge on any atom is 0.120 e. The summed E-state index contributed by atoms with van der Waals surface area (Å²) < 4.78 is 5.87. The van der Waals surface area contributed by atoms with Crippen LogP contribution < -0.4 is 10.1 Å². The molecule has 0 heterocycles. The minimum Gasteiger partial charge on any atom is -0.489 e. The fraction of sp³-hybridized carbons (Fsp3) is 0.400. The van der Waals surface area contributed by atoms with Crippen LogP contribution in [0.1, 0.15) is 36.8 Å². The minimum atomic E-state index is -0.107. The molecule has 3 nitrogen and oxygen atoms in total. The standard InChI is InChI=1S/C20H24ClNO2/c21-20-7-2-1-5-16(20)14-24-19-6-3-4-15(12-19)13-22-17-8-10-18(23)11-9-17/h1-7,12,17-18,22-23H,8-11,13-14H2. The zero-order valence-electron chi connectivity index (χ0n) is 13.7. The van der Waals surface area contributed by atoms with E-state index in [0.29, 0.717) is 12.6 Å². The lowest BCUT2D eigenvalue weighted by Gasteiger charge is -2.26. The van der Waals surface area contributed by atoms with Crippen molar-refractivity contribution in [2.75, 3.05) is 0 Å². The number of benzene rings is 2. The molecule has 1 saturated carbocycles. The first-order chi connectivity index (χ1) is 11.7. The highest BCUT2D eigenvalue weighted by atomic mass is 35.5. The molecule has 3 rings (SSSR count). The molecule has 1 aliphatic carbocycles. The normalized spacial score (nSPS) is 20.8. The van der Waals surface area contributed by atoms with Gasteiger partial charge in [-0.1, -0.05) is 41.9 Å². The van der Waals surface area contributed by atoms with Crippen LogP contribution in [0.2, 0.25) is 5.02 Å². The van der Waals surface area contributed by atoms with Gasteiger partial charge in [0.15, 0.2) is 0 Å². The maximum absolute atomic E-state index is 9.57. The summed E-state index contributed by atoms with van der Waals surface area (Å²) in [6, 6.07) is 16.4. The van der Waals surface area contributed by atoms with Gasteiger partial charge in [-0.05, 0) is 49.4 Å². The van der Waals surface area contributed by atoms with E-state index in [0.717, 1.165) is 48.6 Å². The molecule has 2 aromatic rings. The summed E-state index contributed by atoms with van der Waals surface area (Å²) in [5.41, 5.74) is 2.20. The first-order valence-corrected chi connectivity index (χ1v) is 8.95. The molecule has 128 valence electrons. The molecule has 0 bridgehead atoms. The van der Waals surface area contributed by atoms with Gasteiger partial charge in [0.1, 0.15) is 12.4 Å². The van der Waals surface area contributed by atoms with E-state index in [9.17, 15) is 5.11 Å². The van der Waals surface area contributed by atoms with Crippen molar-refractivity contribution in [1.82, 2.24) is 5.32 Å². The quantitative estimate of drug-likeness (QED) is 0.819. The molecule has 2 N–H and O–H groups in total. The molecule has 0 amide bonds. The number of hydrogen-bond donors (Lipinski definition) is 2. The van der Waals surface area contributed by atoms with Crippen LogP contribution in [-0.4, -0.2) is 17.3 Å². The van der Waals surface area contributed by atoms with E-state index in [2.05, 4.69) is 17.4 Å². The second-order valence-electron chi connectivity index (χ2n) is 6.41. The lowest BCUT2D eigenvalue weighted by molar-refractivity contribution is 0.116. The Hall–Kier alpha value is -1.55. The maximum atomic E-state index is 9.57. The van der Waals surface area contributed by atoms with Crippen molar-refractivity contribution in [3.63, 3.8) is 0 Å². The van der Waals surface area contributed by atoms with Gasteiger partial charge in [0.2, 0.25) is 0 Å². The largest absolute Gasteiger partial charge is 0.489 e. The third-order valence-electron chi connectivity index (χ3n) is 4.54. The predicted octanol–water partition coefficient (Wildman–Crippen LogP) is 4.31. The zero-order valence-corrected chi connectivity index (χ0v) is 14.5. The van der Waals surface area contributed by atoms with Crippen molar-refractivity contribution in [3.05, 3.63) is 64.7 Å². The summed E-state index contributed by atoms with van der Waals surface area (Å²) in [4.78, 5) is 0. The van der Waals surface area contributed by atoms with E-state index in [1.54, 1.807) is 0 Å². The molecule has 0 radical (unpaired) electrons. The van der Waals surface area contributed by atoms with Crippen molar-refractivity contribution in [1.29, 1.82) is 0 Å². The SMILES string of the molecule is OC1CCC(NCc2cccc(OCc3ccccc3Cl)c2)CC1. The molecule has 0 aromatic heterocycles. The minimum absolute atomic E-state index is 0.107. The van der Waals surface area contributed by atoms with Crippen molar-refractivity contribution < 1.29 is 9.84 Å². The Balaban J connectivity index is 1.51. The molecule has 0 spiro atoms. The zero-order chi connectivity index (χ0) is 16.8. The number of nitrogens with one attached hydrogen (secondary N) is 1. The summed E-state index contributed by atoms with van der Waals surface area (Å²) in [5.74, 6) is 0.855. The van der Waals surface area contributed by atoms with Crippen LogP contribution >= 0.6 is 11.6 Å². The summed E-state index contributed by atoms with van der Waals surface area (Å²) in [6.07, 6.45) is 3.79. The van der Waals surface area contributed by atoms with E-state index in [4.69, 9.17) is 16.3 Å². The van der Waals surface area contributed by atoms with E-state index in [-0.39, 0.29) is 6.10 Å². The van der Waals surface area contributed by atoms with Crippen molar-refractivity contribution >= 4 is 11.6 Å². The Morgan fingerprint density at radius 2 is 1.83 bits per heavy atom. The van der Waals surface area contributed by atoms with Gasteiger partial charge in [0.25, 0.3) is 0 Å². The van der Waals surface area contributed by atoms with Crippen molar-refractivity contribution in [2.24, 2.45) is 0 Å². The van der Waals surface area contributed by atoms with Gasteiger partial charge < -0.3 is 15.2 Å². The van der Waals surface area contributed by atoms with Gasteiger partial charge in [-0.15, -0.1) is 0 Å². The summed E-state index contributed by atoms with van der Waals surface area (Å²) in [6.45, 7) is 1.29. The molecule has 0 aliphatic heterocycles. The summed E-state index contributed by atoms with van der Waals surface area (Å²) >= 11 is 6.16. The molecule has 0 saturated heterocycles. The molecular formula is C20H24ClNO2. The average molecular weight is 346 g/mol. The Morgan fingerprint density at radius 1 is 1.04 bits per heavy atom. The fourth-order valence-corrected chi connectivity index (χ4v) is 3.25. The van der Waals surface area contributed by atoms with Crippen LogP contribution in [0.15, 0.2) is 48.5 Å². The molecule has 1 aliphatic rings. The van der Waals surface area contributed by atoms with Crippen LogP contribution in [0.5, 0.6) is 5.75 Å². The Morgan fingerprint density at radius 3 is 2.62 bits per heavy atom. The second-order valence-corrected chi connectivity index (χ2v) is 6.82. The van der Waals surface area contributed by atoms with E-state index in [1.165, 1.54) is 5.56 Å². The van der Waals surface area contributed by atoms with Crippen molar-refractivity contribution in [3.8, 4) is 5.75 Å². The number of ether oxygens (including phenoxy) is 1. The third kappa shape index (κ3) is 4.97. The van der Waals surface area contributed by atoms with Crippen LogP contribution in [0.3, 0.4) is 0 Å². The van der Waals surface area contributed by atoms with E-state index in [1.807, 2.05) is 36.4 Å². The number of aliphatic hydroxyl groups is 1. The lowest BCUT2D eigenvalue weighted by Crippen LogP contribution is -2.34. The Bertz CT molecular complexity index is 654. The number of rotatable bonds is 6. The molecule has 0 atom stereocenters. The molecule has 2 aromatic carbocycles. The topological polar surface area (TPSA) is 41.5 Å². The molecule has 0 unspecified atom stereocenters. The molecule has 1 fully saturated rings. The number of halogens is 1. The Kier molecular flexibility index (Phi) is 6.13. The monoisotopic (exact) mass is 345 g/mol. The van der Waals surface area contributed by atoms with Gasteiger partial charge in [-0.25, -0.2) is 0 Å². The van der Waals surface area contributed by atoms with Gasteiger partial charge in [-0.2, -0.15) is 0 Å². The predicted molar refractivity (Wildman–Crippen MR) is 97.3 cm³/mol. The van der Waals surface area contributed by atoms with Gasteiger partial charge in [-0.3, -0.25) is 0 Å². The highest BCUT2D eigenvalue weighted by molar-refractivity contribution is 6.31. The summed E-state index contributed by atoms with van der Waals surface area (Å²) in [7, 11) is 0. The first kappa shape index (κ1) is 17.3. The highest BCUT2D eigenvalue weighted by Crippen LogP contribution is 2.21. The molecule has 24 heavy (non-hydrogen) atoms. The van der Waals surface area contributed by atoms with Gasteiger partial charge >= 0.3 is 0 Å². The summed E-state index contributed by atoms with van der Waals surface area (Å²) in [5, 5.41) is 13.9. The van der Waals surface area contributed by atoms with Crippen LogP contribution in [0.25, 0.3) is 0 Å². The lowest BCUT2D eigenvalue weighted by atomic mass is 9.93.